The Morgan fingerprint density at radius 2 is 1.93 bits per heavy atom. The summed E-state index contributed by atoms with van der Waals surface area (Å²) < 4.78 is 96.9. The number of nitriles is 1. The van der Waals surface area contributed by atoms with Crippen LogP contribution >= 0.6 is 11.6 Å². The molecule has 2 amide bonds. The van der Waals surface area contributed by atoms with Crippen molar-refractivity contribution in [2.45, 2.75) is 44.0 Å². The molecule has 1 heterocycles. The number of rotatable bonds is 8. The number of nitrogens with two attached hydrogens (primary N) is 1. The van der Waals surface area contributed by atoms with E-state index in [1.807, 2.05) is 6.07 Å². The molecule has 1 aliphatic carbocycles. The Balaban J connectivity index is 2.05. The molecule has 40 heavy (non-hydrogen) atoms. The molecular formula is C23H18ClF7N6O3. The van der Waals surface area contributed by atoms with Crippen molar-refractivity contribution in [2.75, 3.05) is 0 Å². The van der Waals surface area contributed by atoms with Gasteiger partial charge >= 0.3 is 18.7 Å². The summed E-state index contributed by atoms with van der Waals surface area (Å²) in [5.74, 6) is -9.83. The Morgan fingerprint density at radius 1 is 1.30 bits per heavy atom. The molecule has 0 aliphatic heterocycles. The van der Waals surface area contributed by atoms with E-state index in [0.717, 1.165) is 31.3 Å². The fourth-order valence-corrected chi connectivity index (χ4v) is 3.85. The van der Waals surface area contributed by atoms with Crippen LogP contribution in [0.15, 0.2) is 29.4 Å². The number of aliphatic imine (C=N–C) groups is 1. The van der Waals surface area contributed by atoms with E-state index in [4.69, 9.17) is 17.3 Å². The fraction of sp³-hybridized carbons (Fsp3) is 0.348. The van der Waals surface area contributed by atoms with Crippen LogP contribution < -0.4 is 10.5 Å². The predicted molar refractivity (Wildman–Crippen MR) is 126 cm³/mol. The SMILES string of the molecule is CC(=O)N(C(=O)c1cc(C(=C/N)/C=N/c2c(OC(F)F)c(C(F)(F)C(F)(F)F)nn2C)ccc1Cl)C1(C#N)CC1. The summed E-state index contributed by atoms with van der Waals surface area (Å²) >= 11 is 6.16. The van der Waals surface area contributed by atoms with Gasteiger partial charge < -0.3 is 10.5 Å². The lowest BCUT2D eigenvalue weighted by Gasteiger charge is -2.24. The summed E-state index contributed by atoms with van der Waals surface area (Å²) in [6, 6.07) is 5.66. The number of benzene rings is 1. The molecule has 0 atom stereocenters. The highest BCUT2D eigenvalue weighted by atomic mass is 35.5. The summed E-state index contributed by atoms with van der Waals surface area (Å²) in [7, 11) is 0.866. The molecule has 0 unspecified atom stereocenters. The molecule has 1 aliphatic rings. The maximum absolute atomic E-state index is 14.0. The standard InChI is InChI=1S/C23H18ClF7N6O3/c1-11(38)37(21(10-33)5-6-21)19(39)14-7-12(3-4-15(14)24)13(8-32)9-34-18-16(40-20(25)26)17(35-36(18)2)22(27,28)23(29,30)31/h3-4,7-9,20H,5-6,32H2,1-2H3/b13-8+,34-9+. The number of aryl methyl sites for hydroxylation is 1. The van der Waals surface area contributed by atoms with Crippen LogP contribution in [0.3, 0.4) is 0 Å². The zero-order valence-electron chi connectivity index (χ0n) is 20.4. The van der Waals surface area contributed by atoms with Crippen LogP contribution in [0.4, 0.5) is 36.6 Å². The largest absolute Gasteiger partial charge is 0.459 e. The van der Waals surface area contributed by atoms with Crippen molar-refractivity contribution < 1.29 is 45.1 Å². The van der Waals surface area contributed by atoms with Crippen LogP contribution in [0.5, 0.6) is 5.75 Å². The van der Waals surface area contributed by atoms with Gasteiger partial charge in [-0.1, -0.05) is 17.7 Å². The number of nitrogens with zero attached hydrogens (tertiary/aromatic N) is 5. The smallest absolute Gasteiger partial charge is 0.428 e. The van der Waals surface area contributed by atoms with E-state index < -0.39 is 53.3 Å². The van der Waals surface area contributed by atoms with Crippen LogP contribution in [0.2, 0.25) is 5.02 Å². The monoisotopic (exact) mass is 594 g/mol. The van der Waals surface area contributed by atoms with Crippen LogP contribution in [0, 0.1) is 11.3 Å². The number of halogens is 8. The molecular weight excluding hydrogens is 577 g/mol. The number of amides is 2. The lowest BCUT2D eigenvalue weighted by Crippen LogP contribution is -2.44. The summed E-state index contributed by atoms with van der Waals surface area (Å²) in [5, 5.41) is 12.3. The molecule has 0 spiro atoms. The fourth-order valence-electron chi connectivity index (χ4n) is 3.65. The minimum absolute atomic E-state index is 0.0867. The number of imide groups is 1. The van der Waals surface area contributed by atoms with Gasteiger partial charge in [0.2, 0.25) is 5.91 Å². The van der Waals surface area contributed by atoms with Crippen LogP contribution in [0.1, 0.15) is 41.4 Å². The van der Waals surface area contributed by atoms with Gasteiger partial charge in [0.25, 0.3) is 5.91 Å². The van der Waals surface area contributed by atoms with Gasteiger partial charge in [-0.05, 0) is 30.5 Å². The first kappa shape index (κ1) is 30.4. The Hall–Kier alpha value is -4.13. The third-order valence-corrected chi connectivity index (χ3v) is 6.08. The van der Waals surface area contributed by atoms with Gasteiger partial charge in [-0.3, -0.25) is 14.5 Å². The molecule has 1 fully saturated rings. The van der Waals surface area contributed by atoms with Crippen molar-refractivity contribution in [1.29, 1.82) is 5.26 Å². The first-order chi connectivity index (χ1) is 18.5. The molecule has 17 heteroatoms. The highest BCUT2D eigenvalue weighted by Crippen LogP contribution is 2.49. The Morgan fingerprint density at radius 3 is 2.40 bits per heavy atom. The lowest BCUT2D eigenvalue weighted by molar-refractivity contribution is -0.291. The number of alkyl halides is 7. The van der Waals surface area contributed by atoms with E-state index in [2.05, 4.69) is 14.8 Å². The first-order valence-electron chi connectivity index (χ1n) is 11.0. The van der Waals surface area contributed by atoms with E-state index in [1.54, 1.807) is 0 Å². The molecule has 9 nitrogen and oxygen atoms in total. The number of hydrogen-bond donors (Lipinski definition) is 1. The zero-order chi connectivity index (χ0) is 30.2. The molecule has 1 saturated carbocycles. The van der Waals surface area contributed by atoms with Crippen molar-refractivity contribution in [2.24, 2.45) is 17.8 Å². The molecule has 2 aromatic rings. The Bertz CT molecular complexity index is 1440. The maximum atomic E-state index is 14.0. The summed E-state index contributed by atoms with van der Waals surface area (Å²) in [4.78, 5) is 29.8. The number of aromatic nitrogens is 2. The quantitative estimate of drug-likeness (QED) is 0.336. The number of hydrogen-bond acceptors (Lipinski definition) is 7. The second kappa shape index (κ2) is 10.8. The minimum atomic E-state index is -6.19. The summed E-state index contributed by atoms with van der Waals surface area (Å²) in [6.07, 6.45) is -3.96. The van der Waals surface area contributed by atoms with E-state index in [9.17, 15) is 45.6 Å². The average Bonchev–Trinajstić information content (AvgIpc) is 3.57. The van der Waals surface area contributed by atoms with Gasteiger partial charge in [0, 0.05) is 32.0 Å². The highest BCUT2D eigenvalue weighted by Gasteiger charge is 2.62. The number of allylic oxidation sites excluding steroid dienone is 1. The molecule has 0 saturated heterocycles. The Labute approximate surface area is 226 Å². The van der Waals surface area contributed by atoms with Crippen molar-refractivity contribution >= 4 is 41.0 Å². The Kier molecular flexibility index (Phi) is 8.21. The third-order valence-electron chi connectivity index (χ3n) is 5.75. The van der Waals surface area contributed by atoms with Crippen LogP contribution in [-0.4, -0.2) is 51.0 Å². The van der Waals surface area contributed by atoms with Gasteiger partial charge in [0.1, 0.15) is 5.54 Å². The molecule has 0 bridgehead atoms. The minimum Gasteiger partial charge on any atom is -0.428 e. The van der Waals surface area contributed by atoms with Crippen molar-refractivity contribution in [3.8, 4) is 11.8 Å². The van der Waals surface area contributed by atoms with Gasteiger partial charge in [0.05, 0.1) is 16.7 Å². The third kappa shape index (κ3) is 5.60. The van der Waals surface area contributed by atoms with Crippen molar-refractivity contribution in [1.82, 2.24) is 14.7 Å². The lowest BCUT2D eigenvalue weighted by atomic mass is 10.0. The van der Waals surface area contributed by atoms with E-state index in [-0.39, 0.29) is 34.6 Å². The van der Waals surface area contributed by atoms with E-state index >= 15 is 0 Å². The van der Waals surface area contributed by atoms with Crippen molar-refractivity contribution in [3.05, 3.63) is 46.2 Å². The maximum Gasteiger partial charge on any atom is 0.459 e. The number of ether oxygens (including phenoxy) is 1. The van der Waals surface area contributed by atoms with E-state index in [1.165, 1.54) is 18.2 Å². The van der Waals surface area contributed by atoms with Gasteiger partial charge in [-0.2, -0.15) is 41.1 Å². The number of carbonyl (C=O) groups is 2. The summed E-state index contributed by atoms with van der Waals surface area (Å²) in [5.41, 5.74) is 1.92. The van der Waals surface area contributed by atoms with Crippen molar-refractivity contribution in [3.63, 3.8) is 0 Å². The second-order valence-electron chi connectivity index (χ2n) is 8.45. The van der Waals surface area contributed by atoms with Crippen LogP contribution in [0.25, 0.3) is 5.57 Å². The molecule has 3 rings (SSSR count). The van der Waals surface area contributed by atoms with Gasteiger partial charge in [0.15, 0.2) is 17.3 Å². The molecule has 2 N–H and O–H groups in total. The van der Waals surface area contributed by atoms with Gasteiger partial charge in [-0.25, -0.2) is 9.67 Å². The zero-order valence-corrected chi connectivity index (χ0v) is 21.2. The van der Waals surface area contributed by atoms with E-state index in [0.29, 0.717) is 4.68 Å². The highest BCUT2D eigenvalue weighted by molar-refractivity contribution is 6.34. The summed E-state index contributed by atoms with van der Waals surface area (Å²) in [6.45, 7) is -2.71. The molecule has 0 radical (unpaired) electrons. The number of carbonyl (C=O) groups excluding carboxylic acids is 2. The van der Waals surface area contributed by atoms with Gasteiger partial charge in [-0.15, -0.1) is 0 Å². The average molecular weight is 595 g/mol. The molecule has 1 aromatic carbocycles. The molecule has 1 aromatic heterocycles. The topological polar surface area (TPSA) is 127 Å². The predicted octanol–water partition coefficient (Wildman–Crippen LogP) is 5.08. The van der Waals surface area contributed by atoms with Crippen LogP contribution in [-0.2, 0) is 17.8 Å². The molecule has 214 valence electrons. The second-order valence-corrected chi connectivity index (χ2v) is 8.86. The first-order valence-corrected chi connectivity index (χ1v) is 11.4. The normalized spacial score (nSPS) is 15.3.